The van der Waals surface area contributed by atoms with E-state index in [4.69, 9.17) is 28.0 Å². The number of rotatable bonds is 0. The van der Waals surface area contributed by atoms with Crippen LogP contribution in [0.25, 0.3) is 0 Å². The molecule has 0 radical (unpaired) electrons. The van der Waals surface area contributed by atoms with Crippen LogP contribution in [-0.2, 0) is 0 Å². The average Bonchev–Trinajstić information content (AvgIpc) is 1.25. The van der Waals surface area contributed by atoms with Crippen LogP contribution in [0, 0.1) is 21.6 Å². The molecule has 0 fully saturated rings. The predicted octanol–water partition coefficient (Wildman–Crippen LogP) is -8.75. The largest absolute Gasteiger partial charge is 1.00 e. The molecule has 0 spiro atoms. The third-order valence-electron chi connectivity index (χ3n) is 0. The maximum absolute atomic E-state index is 8.52. The van der Waals surface area contributed by atoms with Crippen molar-refractivity contribution in [2.45, 2.75) is 0 Å². The molecule has 0 aromatic heterocycles. The minimum Gasteiger partial charge on any atom is -1.00 e. The molecule has 0 saturated carbocycles. The van der Waals surface area contributed by atoms with E-state index in [1.54, 1.807) is 0 Å². The summed E-state index contributed by atoms with van der Waals surface area (Å²) in [6.45, 7) is 0. The van der Waals surface area contributed by atoms with Gasteiger partial charge in [0.15, 0.2) is 0 Å². The van der Waals surface area contributed by atoms with Gasteiger partial charge < -0.3 is 20.1 Å². The van der Waals surface area contributed by atoms with Crippen LogP contribution in [0.2, 0.25) is 0 Å². The van der Waals surface area contributed by atoms with Gasteiger partial charge in [-0.25, -0.2) is 0 Å². The first-order valence-corrected chi connectivity index (χ1v) is 2.87. The molecule has 6 nitrogen and oxygen atoms in total. The van der Waals surface area contributed by atoms with Gasteiger partial charge in [-0.2, -0.15) is 0 Å². The molecule has 0 bridgehead atoms. The Morgan fingerprint density at radius 3 is 0.889 bits per heavy atom. The van der Waals surface area contributed by atoms with Crippen molar-refractivity contribution in [1.82, 2.24) is 0 Å². The molecule has 54 valence electrons. The van der Waals surface area contributed by atoms with Gasteiger partial charge in [-0.15, -0.1) is 0 Å². The molecular weight excluding hydrogens is 206 g/mol. The van der Waals surface area contributed by atoms with Crippen molar-refractivity contribution in [2.24, 2.45) is 0 Å². The Morgan fingerprint density at radius 2 is 0.889 bits per heavy atom. The Labute approximate surface area is 101 Å². The van der Waals surface area contributed by atoms with Crippen LogP contribution in [0.3, 0.4) is 0 Å². The first-order chi connectivity index (χ1) is 3.46. The van der Waals surface area contributed by atoms with Gasteiger partial charge in [0, 0.05) is 9.32 Å². The van der Waals surface area contributed by atoms with Gasteiger partial charge in [0.1, 0.15) is 0 Å². The Morgan fingerprint density at radius 1 is 0.889 bits per heavy atom. The minimum absolute atomic E-state index is 0. The second kappa shape index (κ2) is 12.6. The van der Waals surface area contributed by atoms with E-state index in [0.29, 0.717) is 0 Å². The van der Waals surface area contributed by atoms with Crippen LogP contribution >= 0.6 is 0 Å². The van der Waals surface area contributed by atoms with Gasteiger partial charge in [0.2, 0.25) is 0 Å². The summed E-state index contributed by atoms with van der Waals surface area (Å²) in [5.41, 5.74) is 0. The molecule has 0 aliphatic carbocycles. The third-order valence-corrected chi connectivity index (χ3v) is 0. The average molecular weight is 209 g/mol. The Balaban J connectivity index is -0.0000000300. The van der Waals surface area contributed by atoms with E-state index < -0.39 is 21.6 Å². The van der Waals surface area contributed by atoms with Gasteiger partial charge in [-0.1, -0.05) is 0 Å². The minimum atomic E-state index is -2.60. The summed E-state index contributed by atoms with van der Waals surface area (Å²) in [6.07, 6.45) is 0. The molecule has 0 aliphatic heterocycles. The summed E-state index contributed by atoms with van der Waals surface area (Å²) >= 11 is 0. The molecule has 0 aromatic rings. The number of hydrogen-bond acceptors (Lipinski definition) is 6. The first kappa shape index (κ1) is 17.2. The fraction of sp³-hybridized carbons (Fsp3) is 0. The fourth-order valence-corrected chi connectivity index (χ4v) is 0. The summed E-state index contributed by atoms with van der Waals surface area (Å²) in [7, 11) is -5.20. The normalized spacial score (nSPS) is 8.00. The van der Waals surface area contributed by atoms with Gasteiger partial charge in [0.05, 0.1) is 0 Å². The van der Waals surface area contributed by atoms with Crippen molar-refractivity contribution in [3.8, 4) is 0 Å². The molecule has 0 atom stereocenters. The van der Waals surface area contributed by atoms with Gasteiger partial charge in [-0.3, -0.25) is 0 Å². The van der Waals surface area contributed by atoms with Crippen LogP contribution in [0.5, 0.6) is 0 Å². The molecule has 0 rings (SSSR count). The zero-order valence-electron chi connectivity index (χ0n) is 5.28. The molecule has 0 unspecified atom stereocenters. The van der Waals surface area contributed by atoms with Crippen LogP contribution in [0.1, 0.15) is 1.43 Å². The van der Waals surface area contributed by atoms with Crippen molar-refractivity contribution in [3.05, 3.63) is 0 Å². The van der Waals surface area contributed by atoms with E-state index in [0.717, 1.165) is 0 Å². The van der Waals surface area contributed by atoms with Crippen molar-refractivity contribution in [3.63, 3.8) is 0 Å². The summed E-state index contributed by atoms with van der Waals surface area (Å²) in [4.78, 5) is 0. The molecule has 9 heteroatoms. The van der Waals surface area contributed by atoms with Crippen molar-refractivity contribution in [2.75, 3.05) is 0 Å². The SMILES string of the molecule is [H-].[K+].[O-][Cl+2]([O-])O.[O-][Cl+2]([O-])O. The molecule has 0 saturated heterocycles. The molecular formula is H3Cl2KO6. The summed E-state index contributed by atoms with van der Waals surface area (Å²) in [5, 5.41) is 0. The van der Waals surface area contributed by atoms with Gasteiger partial charge in [-0.05, 0) is 0 Å². The maximum atomic E-state index is 8.52. The smallest absolute Gasteiger partial charge is 1.00 e. The molecule has 2 N–H and O–H groups in total. The quantitative estimate of drug-likeness (QED) is 0.380. The second-order valence-corrected chi connectivity index (χ2v) is 1.21. The Kier molecular flexibility index (Phi) is 24.1. The molecule has 9 heavy (non-hydrogen) atoms. The monoisotopic (exact) mass is 208 g/mol. The Hall–Kier alpha value is 1.98. The molecule has 0 heterocycles. The topological polar surface area (TPSA) is 133 Å². The van der Waals surface area contributed by atoms with Crippen molar-refractivity contribution >= 4 is 0 Å². The Bertz CT molecular complexity index is 31.2. The van der Waals surface area contributed by atoms with Crippen LogP contribution in [0.4, 0.5) is 0 Å². The predicted molar refractivity (Wildman–Crippen MR) is 5.55 cm³/mol. The van der Waals surface area contributed by atoms with Gasteiger partial charge in [0.25, 0.3) is 21.6 Å². The fourth-order valence-electron chi connectivity index (χ4n) is 0. The van der Waals surface area contributed by atoms with Gasteiger partial charge >= 0.3 is 51.4 Å². The molecule has 0 aromatic carbocycles. The van der Waals surface area contributed by atoms with E-state index >= 15 is 0 Å². The van der Waals surface area contributed by atoms with E-state index in [9.17, 15) is 0 Å². The maximum Gasteiger partial charge on any atom is 1.00 e. The summed E-state index contributed by atoms with van der Waals surface area (Å²) in [6, 6.07) is 0. The van der Waals surface area contributed by atoms with Crippen LogP contribution < -0.4 is 70.0 Å². The first-order valence-electron chi connectivity index (χ1n) is 0.955. The van der Waals surface area contributed by atoms with E-state index in [2.05, 4.69) is 0 Å². The zero-order chi connectivity index (χ0) is 7.15. The van der Waals surface area contributed by atoms with E-state index in [1.807, 2.05) is 0 Å². The summed E-state index contributed by atoms with van der Waals surface area (Å²) < 4.78 is 47.9. The van der Waals surface area contributed by atoms with Crippen LogP contribution in [0.15, 0.2) is 0 Å². The third kappa shape index (κ3) is 162. The molecule has 0 amide bonds. The van der Waals surface area contributed by atoms with Crippen molar-refractivity contribution < 1.29 is 102 Å². The zero-order valence-corrected chi connectivity index (χ0v) is 8.92. The number of halogens is 2. The number of hydrogen-bond donors (Lipinski definition) is 2. The van der Waals surface area contributed by atoms with E-state index in [-0.39, 0.29) is 52.8 Å². The second-order valence-electron chi connectivity index (χ2n) is 0.402. The van der Waals surface area contributed by atoms with Crippen molar-refractivity contribution in [1.29, 1.82) is 0 Å². The van der Waals surface area contributed by atoms with E-state index in [1.165, 1.54) is 0 Å². The standard InChI is InChI=1S/2ClHO3.K.H/c2*2-1(3)4;;/h2*2H;;/q;;+1;-1. The molecule has 0 aliphatic rings. The summed E-state index contributed by atoms with van der Waals surface area (Å²) in [5.74, 6) is 0. The van der Waals surface area contributed by atoms with Crippen LogP contribution in [-0.4, -0.2) is 9.32 Å².